The smallest absolute Gasteiger partial charge is 0.276 e. The zero-order valence-corrected chi connectivity index (χ0v) is 9.75. The van der Waals surface area contributed by atoms with Crippen LogP contribution in [0.2, 0.25) is 0 Å². The highest BCUT2D eigenvalue weighted by molar-refractivity contribution is 6.06. The van der Waals surface area contributed by atoms with Crippen LogP contribution in [0.4, 0.5) is 24.5 Å². The van der Waals surface area contributed by atoms with Gasteiger partial charge in [0.25, 0.3) is 5.91 Å². The van der Waals surface area contributed by atoms with E-state index >= 15 is 0 Å². The zero-order valence-electron chi connectivity index (χ0n) is 9.75. The summed E-state index contributed by atoms with van der Waals surface area (Å²) in [5.41, 5.74) is 5.45. The maximum atomic E-state index is 13.0. The van der Waals surface area contributed by atoms with E-state index in [9.17, 15) is 18.0 Å². The van der Waals surface area contributed by atoms with Crippen LogP contribution in [0.5, 0.6) is 0 Å². The van der Waals surface area contributed by atoms with Crippen molar-refractivity contribution in [2.75, 3.05) is 11.1 Å². The van der Waals surface area contributed by atoms with Gasteiger partial charge >= 0.3 is 0 Å². The van der Waals surface area contributed by atoms with Gasteiger partial charge in [0, 0.05) is 24.9 Å². The molecule has 19 heavy (non-hydrogen) atoms. The van der Waals surface area contributed by atoms with Crippen molar-refractivity contribution in [2.24, 2.45) is 7.05 Å². The molecule has 0 aliphatic rings. The standard InChI is InChI=1S/C11H9F3N4O/c1-18-10(8(15)4-16-18)11(19)17-5-2-6(12)9(14)7(13)3-5/h2-4H,15H2,1H3,(H,17,19). The molecule has 100 valence electrons. The summed E-state index contributed by atoms with van der Waals surface area (Å²) < 4.78 is 39.9. The van der Waals surface area contributed by atoms with Gasteiger partial charge in [-0.25, -0.2) is 13.2 Å². The lowest BCUT2D eigenvalue weighted by molar-refractivity contribution is 0.101. The number of nitrogens with zero attached hydrogens (tertiary/aromatic N) is 2. The quantitative estimate of drug-likeness (QED) is 0.815. The molecular formula is C11H9F3N4O. The Labute approximate surface area is 105 Å². The fraction of sp³-hybridized carbons (Fsp3) is 0.0909. The van der Waals surface area contributed by atoms with E-state index in [-0.39, 0.29) is 17.1 Å². The van der Waals surface area contributed by atoms with Gasteiger partial charge < -0.3 is 11.1 Å². The lowest BCUT2D eigenvalue weighted by Crippen LogP contribution is -2.18. The molecule has 3 N–H and O–H groups in total. The van der Waals surface area contributed by atoms with Crippen molar-refractivity contribution in [1.29, 1.82) is 0 Å². The van der Waals surface area contributed by atoms with Gasteiger partial charge in [0.1, 0.15) is 5.69 Å². The Kier molecular flexibility index (Phi) is 3.16. The molecule has 0 aliphatic heterocycles. The van der Waals surface area contributed by atoms with E-state index in [0.29, 0.717) is 12.1 Å². The fourth-order valence-electron chi connectivity index (χ4n) is 1.55. The lowest BCUT2D eigenvalue weighted by atomic mass is 10.2. The normalized spacial score (nSPS) is 10.5. The Morgan fingerprint density at radius 2 is 1.89 bits per heavy atom. The van der Waals surface area contributed by atoms with E-state index in [4.69, 9.17) is 5.73 Å². The fourth-order valence-corrected chi connectivity index (χ4v) is 1.55. The molecule has 1 heterocycles. The summed E-state index contributed by atoms with van der Waals surface area (Å²) in [5, 5.41) is 5.96. The summed E-state index contributed by atoms with van der Waals surface area (Å²) in [6.45, 7) is 0. The monoisotopic (exact) mass is 270 g/mol. The second-order valence-corrected chi connectivity index (χ2v) is 3.78. The largest absolute Gasteiger partial charge is 0.396 e. The third kappa shape index (κ3) is 2.37. The van der Waals surface area contributed by atoms with Crippen LogP contribution in [-0.2, 0) is 7.05 Å². The molecule has 1 aromatic heterocycles. The van der Waals surface area contributed by atoms with Gasteiger partial charge in [-0.1, -0.05) is 0 Å². The molecule has 0 atom stereocenters. The average Bonchev–Trinajstić information content (AvgIpc) is 2.66. The number of carbonyl (C=O) groups is 1. The molecule has 2 rings (SSSR count). The first kappa shape index (κ1) is 12.9. The molecule has 8 heteroatoms. The van der Waals surface area contributed by atoms with Crippen molar-refractivity contribution in [1.82, 2.24) is 9.78 Å². The molecule has 1 amide bonds. The van der Waals surface area contributed by atoms with Gasteiger partial charge in [-0.05, 0) is 0 Å². The third-order valence-electron chi connectivity index (χ3n) is 2.42. The van der Waals surface area contributed by atoms with Crippen molar-refractivity contribution < 1.29 is 18.0 Å². The zero-order chi connectivity index (χ0) is 14.2. The number of carbonyl (C=O) groups excluding carboxylic acids is 1. The number of aromatic nitrogens is 2. The van der Waals surface area contributed by atoms with Crippen molar-refractivity contribution in [3.05, 3.63) is 41.5 Å². The number of anilines is 2. The summed E-state index contributed by atoms with van der Waals surface area (Å²) in [4.78, 5) is 11.8. The first-order valence-electron chi connectivity index (χ1n) is 5.13. The molecule has 0 aliphatic carbocycles. The van der Waals surface area contributed by atoms with E-state index in [1.165, 1.54) is 17.9 Å². The molecule has 0 spiro atoms. The molecule has 2 aromatic rings. The number of rotatable bonds is 2. The number of nitrogen functional groups attached to an aromatic ring is 1. The van der Waals surface area contributed by atoms with Gasteiger partial charge in [-0.15, -0.1) is 0 Å². The van der Waals surface area contributed by atoms with E-state index in [2.05, 4.69) is 10.4 Å². The Bertz CT molecular complexity index is 611. The second-order valence-electron chi connectivity index (χ2n) is 3.78. The number of benzene rings is 1. The van der Waals surface area contributed by atoms with Gasteiger partial charge in [-0.2, -0.15) is 5.10 Å². The predicted octanol–water partition coefficient (Wildman–Crippen LogP) is 1.67. The Hall–Kier alpha value is -2.51. The van der Waals surface area contributed by atoms with Crippen LogP contribution >= 0.6 is 0 Å². The van der Waals surface area contributed by atoms with Crippen molar-refractivity contribution in [3.63, 3.8) is 0 Å². The predicted molar refractivity (Wildman–Crippen MR) is 61.9 cm³/mol. The van der Waals surface area contributed by atoms with Crippen LogP contribution in [-0.4, -0.2) is 15.7 Å². The summed E-state index contributed by atoms with van der Waals surface area (Å²) in [6, 6.07) is 1.34. The van der Waals surface area contributed by atoms with Crippen molar-refractivity contribution in [2.45, 2.75) is 0 Å². The minimum absolute atomic E-state index is 0.0325. The lowest BCUT2D eigenvalue weighted by Gasteiger charge is -2.07. The minimum atomic E-state index is -1.60. The summed E-state index contributed by atoms with van der Waals surface area (Å²) >= 11 is 0. The highest BCUT2D eigenvalue weighted by Crippen LogP contribution is 2.19. The molecule has 5 nitrogen and oxygen atoms in total. The Morgan fingerprint density at radius 1 is 1.32 bits per heavy atom. The van der Waals surface area contributed by atoms with Crippen LogP contribution in [0.3, 0.4) is 0 Å². The van der Waals surface area contributed by atoms with Crippen LogP contribution in [0.1, 0.15) is 10.5 Å². The third-order valence-corrected chi connectivity index (χ3v) is 2.42. The molecule has 0 radical (unpaired) electrons. The second kappa shape index (κ2) is 4.63. The Balaban J connectivity index is 2.30. The SMILES string of the molecule is Cn1ncc(N)c1C(=O)Nc1cc(F)c(F)c(F)c1. The van der Waals surface area contributed by atoms with Crippen LogP contribution in [0, 0.1) is 17.5 Å². The highest BCUT2D eigenvalue weighted by Gasteiger charge is 2.17. The topological polar surface area (TPSA) is 72.9 Å². The van der Waals surface area contributed by atoms with Gasteiger partial charge in [0.05, 0.1) is 11.9 Å². The molecule has 0 saturated heterocycles. The number of halogens is 3. The molecule has 0 unspecified atom stereocenters. The van der Waals surface area contributed by atoms with Gasteiger partial charge in [-0.3, -0.25) is 9.48 Å². The van der Waals surface area contributed by atoms with Crippen LogP contribution < -0.4 is 11.1 Å². The van der Waals surface area contributed by atoms with E-state index in [1.54, 1.807) is 0 Å². The number of hydrogen-bond acceptors (Lipinski definition) is 3. The Morgan fingerprint density at radius 3 is 2.37 bits per heavy atom. The molecule has 0 saturated carbocycles. The number of nitrogens with one attached hydrogen (secondary N) is 1. The highest BCUT2D eigenvalue weighted by atomic mass is 19.2. The first-order chi connectivity index (χ1) is 8.90. The maximum Gasteiger partial charge on any atom is 0.276 e. The number of amides is 1. The molecule has 1 aromatic carbocycles. The number of aryl methyl sites for hydroxylation is 1. The summed E-state index contributed by atoms with van der Waals surface area (Å²) in [5.74, 6) is -5.09. The molecular weight excluding hydrogens is 261 g/mol. The first-order valence-corrected chi connectivity index (χ1v) is 5.13. The molecule has 0 bridgehead atoms. The molecule has 0 fully saturated rings. The average molecular weight is 270 g/mol. The number of nitrogens with two attached hydrogens (primary N) is 1. The summed E-state index contributed by atoms with van der Waals surface area (Å²) in [6.07, 6.45) is 1.26. The summed E-state index contributed by atoms with van der Waals surface area (Å²) in [7, 11) is 1.48. The van der Waals surface area contributed by atoms with E-state index in [1.807, 2.05) is 0 Å². The van der Waals surface area contributed by atoms with Gasteiger partial charge in [0.15, 0.2) is 17.5 Å². The van der Waals surface area contributed by atoms with Gasteiger partial charge in [0.2, 0.25) is 0 Å². The van der Waals surface area contributed by atoms with Crippen LogP contribution in [0.25, 0.3) is 0 Å². The maximum absolute atomic E-state index is 13.0. The van der Waals surface area contributed by atoms with Crippen molar-refractivity contribution in [3.8, 4) is 0 Å². The number of hydrogen-bond donors (Lipinski definition) is 2. The minimum Gasteiger partial charge on any atom is -0.396 e. The van der Waals surface area contributed by atoms with E-state index < -0.39 is 23.4 Å². The van der Waals surface area contributed by atoms with Crippen LogP contribution in [0.15, 0.2) is 18.3 Å². The van der Waals surface area contributed by atoms with Crippen molar-refractivity contribution >= 4 is 17.3 Å². The van der Waals surface area contributed by atoms with E-state index in [0.717, 1.165) is 0 Å².